The van der Waals surface area contributed by atoms with E-state index in [0.29, 0.717) is 23.7 Å². The molecule has 1 aliphatic carbocycles. The van der Waals surface area contributed by atoms with Crippen LogP contribution in [0.1, 0.15) is 92.4 Å². The molecule has 0 bridgehead atoms. The van der Waals surface area contributed by atoms with E-state index in [1.54, 1.807) is 24.3 Å². The molecule has 2 rings (SSSR count). The third kappa shape index (κ3) is 6.15. The fraction of sp³-hybridized carbons (Fsp3) is 0.636. The van der Waals surface area contributed by atoms with Gasteiger partial charge in [0.05, 0.1) is 17.7 Å². The van der Waals surface area contributed by atoms with E-state index in [0.717, 1.165) is 51.4 Å². The number of unbranched alkanes of at least 4 members (excludes halogenated alkanes) is 1. The summed E-state index contributed by atoms with van der Waals surface area (Å²) in [6.07, 6.45) is 9.51. The summed E-state index contributed by atoms with van der Waals surface area (Å²) in [5.41, 5.74) is 0.614. The smallest absolute Gasteiger partial charge is 0.339 e. The summed E-state index contributed by atoms with van der Waals surface area (Å²) >= 11 is 0. The molecule has 0 N–H and O–H groups in total. The van der Waals surface area contributed by atoms with Crippen LogP contribution in [-0.4, -0.2) is 24.6 Å². The minimum atomic E-state index is -0.434. The van der Waals surface area contributed by atoms with Gasteiger partial charge in [-0.25, -0.2) is 9.59 Å². The summed E-state index contributed by atoms with van der Waals surface area (Å²) in [6.45, 7) is 4.68. The van der Waals surface area contributed by atoms with Gasteiger partial charge in [-0.2, -0.15) is 0 Å². The molecule has 1 aliphatic rings. The van der Waals surface area contributed by atoms with Crippen molar-refractivity contribution in [1.29, 1.82) is 0 Å². The Morgan fingerprint density at radius 3 is 2.31 bits per heavy atom. The lowest BCUT2D eigenvalue weighted by atomic mass is 9.97. The Hall–Kier alpha value is -1.84. The summed E-state index contributed by atoms with van der Waals surface area (Å²) < 4.78 is 11.1. The zero-order valence-electron chi connectivity index (χ0n) is 16.2. The minimum absolute atomic E-state index is 0.0288. The number of esters is 2. The molecule has 1 aromatic carbocycles. The highest BCUT2D eigenvalue weighted by Gasteiger charge is 2.23. The number of benzene rings is 1. The molecule has 0 saturated heterocycles. The first kappa shape index (κ1) is 20.5. The molecule has 4 heteroatoms. The van der Waals surface area contributed by atoms with Gasteiger partial charge in [-0.15, -0.1) is 0 Å². The molecule has 0 amide bonds. The zero-order valence-corrected chi connectivity index (χ0v) is 16.2. The summed E-state index contributed by atoms with van der Waals surface area (Å²) in [4.78, 5) is 25.1. The molecular formula is C22H32O4. The predicted molar refractivity (Wildman–Crippen MR) is 102 cm³/mol. The molecule has 0 spiro atoms. The normalized spacial score (nSPS) is 16.1. The SMILES string of the molecule is CCCC[C@@H](CC)COC(=O)c1ccccc1C(=O)OC1CCCCC1. The number of hydrogen-bond acceptors (Lipinski definition) is 4. The number of hydrogen-bond donors (Lipinski definition) is 0. The van der Waals surface area contributed by atoms with Crippen LogP contribution in [0.25, 0.3) is 0 Å². The molecule has 1 atom stereocenters. The van der Waals surface area contributed by atoms with E-state index in [2.05, 4.69) is 13.8 Å². The average Bonchev–Trinajstić information content (AvgIpc) is 2.68. The quantitative estimate of drug-likeness (QED) is 0.542. The first-order chi connectivity index (χ1) is 12.7. The Morgan fingerprint density at radius 2 is 1.69 bits per heavy atom. The lowest BCUT2D eigenvalue weighted by Gasteiger charge is -2.22. The highest BCUT2D eigenvalue weighted by molar-refractivity contribution is 6.03. The van der Waals surface area contributed by atoms with Gasteiger partial charge in [0.2, 0.25) is 0 Å². The van der Waals surface area contributed by atoms with Crippen molar-refractivity contribution in [3.63, 3.8) is 0 Å². The molecule has 0 unspecified atom stereocenters. The second-order valence-electron chi connectivity index (χ2n) is 7.23. The van der Waals surface area contributed by atoms with Gasteiger partial charge < -0.3 is 9.47 Å². The van der Waals surface area contributed by atoms with Crippen molar-refractivity contribution in [1.82, 2.24) is 0 Å². The molecule has 1 saturated carbocycles. The minimum Gasteiger partial charge on any atom is -0.462 e. The Morgan fingerprint density at radius 1 is 1.04 bits per heavy atom. The van der Waals surface area contributed by atoms with Gasteiger partial charge in [0.25, 0.3) is 0 Å². The van der Waals surface area contributed by atoms with Gasteiger partial charge in [0.1, 0.15) is 6.10 Å². The third-order valence-electron chi connectivity index (χ3n) is 5.19. The number of carbonyl (C=O) groups excluding carboxylic acids is 2. The molecule has 144 valence electrons. The molecule has 0 aromatic heterocycles. The monoisotopic (exact) mass is 360 g/mol. The van der Waals surface area contributed by atoms with Crippen molar-refractivity contribution in [3.8, 4) is 0 Å². The fourth-order valence-corrected chi connectivity index (χ4v) is 3.41. The lowest BCUT2D eigenvalue weighted by molar-refractivity contribution is 0.0201. The third-order valence-corrected chi connectivity index (χ3v) is 5.19. The molecule has 0 aliphatic heterocycles. The molecular weight excluding hydrogens is 328 g/mol. The first-order valence-electron chi connectivity index (χ1n) is 10.1. The molecule has 0 radical (unpaired) electrons. The van der Waals surface area contributed by atoms with E-state index < -0.39 is 11.9 Å². The van der Waals surface area contributed by atoms with Crippen LogP contribution < -0.4 is 0 Å². The maximum absolute atomic E-state index is 12.5. The van der Waals surface area contributed by atoms with E-state index in [-0.39, 0.29) is 6.10 Å². The van der Waals surface area contributed by atoms with Crippen LogP contribution in [0, 0.1) is 5.92 Å². The zero-order chi connectivity index (χ0) is 18.8. The second kappa shape index (κ2) is 11.0. The van der Waals surface area contributed by atoms with Crippen LogP contribution in [-0.2, 0) is 9.47 Å². The lowest BCUT2D eigenvalue weighted by Crippen LogP contribution is -2.23. The van der Waals surface area contributed by atoms with E-state index in [1.807, 2.05) is 0 Å². The van der Waals surface area contributed by atoms with Crippen molar-refractivity contribution in [2.24, 2.45) is 5.92 Å². The van der Waals surface area contributed by atoms with Gasteiger partial charge in [-0.1, -0.05) is 51.7 Å². The Labute approximate surface area is 157 Å². The van der Waals surface area contributed by atoms with Crippen molar-refractivity contribution < 1.29 is 19.1 Å². The molecule has 4 nitrogen and oxygen atoms in total. The van der Waals surface area contributed by atoms with Crippen LogP contribution in [0.3, 0.4) is 0 Å². The number of carbonyl (C=O) groups is 2. The maximum atomic E-state index is 12.5. The highest BCUT2D eigenvalue weighted by atomic mass is 16.5. The van der Waals surface area contributed by atoms with Crippen LogP contribution >= 0.6 is 0 Å². The van der Waals surface area contributed by atoms with Gasteiger partial charge in [-0.05, 0) is 50.2 Å². The summed E-state index contributed by atoms with van der Waals surface area (Å²) in [7, 11) is 0. The molecule has 0 heterocycles. The van der Waals surface area contributed by atoms with Gasteiger partial charge in [0, 0.05) is 0 Å². The Balaban J connectivity index is 1.97. The van der Waals surface area contributed by atoms with E-state index in [4.69, 9.17) is 9.47 Å². The topological polar surface area (TPSA) is 52.6 Å². The fourth-order valence-electron chi connectivity index (χ4n) is 3.41. The van der Waals surface area contributed by atoms with Gasteiger partial charge in [-0.3, -0.25) is 0 Å². The van der Waals surface area contributed by atoms with Gasteiger partial charge in [0.15, 0.2) is 0 Å². The molecule has 26 heavy (non-hydrogen) atoms. The van der Waals surface area contributed by atoms with Crippen molar-refractivity contribution >= 4 is 11.9 Å². The van der Waals surface area contributed by atoms with E-state index in [9.17, 15) is 9.59 Å². The van der Waals surface area contributed by atoms with Crippen LogP contribution in [0.2, 0.25) is 0 Å². The van der Waals surface area contributed by atoms with Crippen LogP contribution in [0.4, 0.5) is 0 Å². The Kier molecular flexibility index (Phi) is 8.66. The number of rotatable bonds is 9. The first-order valence-corrected chi connectivity index (χ1v) is 10.1. The van der Waals surface area contributed by atoms with E-state index in [1.165, 1.54) is 6.42 Å². The highest BCUT2D eigenvalue weighted by Crippen LogP contribution is 2.22. The maximum Gasteiger partial charge on any atom is 0.339 e. The summed E-state index contributed by atoms with van der Waals surface area (Å²) in [6, 6.07) is 6.80. The van der Waals surface area contributed by atoms with Crippen molar-refractivity contribution in [3.05, 3.63) is 35.4 Å². The second-order valence-corrected chi connectivity index (χ2v) is 7.23. The van der Waals surface area contributed by atoms with Crippen molar-refractivity contribution in [2.45, 2.75) is 77.7 Å². The largest absolute Gasteiger partial charge is 0.462 e. The average molecular weight is 360 g/mol. The molecule has 1 fully saturated rings. The van der Waals surface area contributed by atoms with Crippen LogP contribution in [0.5, 0.6) is 0 Å². The number of ether oxygens (including phenoxy) is 2. The van der Waals surface area contributed by atoms with Gasteiger partial charge >= 0.3 is 11.9 Å². The summed E-state index contributed by atoms with van der Waals surface area (Å²) in [5.74, 6) is -0.473. The summed E-state index contributed by atoms with van der Waals surface area (Å²) in [5, 5.41) is 0. The van der Waals surface area contributed by atoms with Crippen molar-refractivity contribution in [2.75, 3.05) is 6.61 Å². The Bertz CT molecular complexity index is 575. The van der Waals surface area contributed by atoms with Crippen LogP contribution in [0.15, 0.2) is 24.3 Å². The predicted octanol–water partition coefficient (Wildman–Crippen LogP) is 5.55. The molecule has 1 aromatic rings. The van der Waals surface area contributed by atoms with E-state index >= 15 is 0 Å². The standard InChI is InChI=1S/C22H32O4/c1-3-5-11-17(4-2)16-25-21(23)19-14-9-10-15-20(19)22(24)26-18-12-7-6-8-13-18/h9-10,14-15,17-18H,3-8,11-13,16H2,1-2H3/t17-/m1/s1.